The van der Waals surface area contributed by atoms with Crippen molar-refractivity contribution < 1.29 is 23.0 Å². The summed E-state index contributed by atoms with van der Waals surface area (Å²) in [5, 5.41) is 3.29. The molecule has 0 bridgehead atoms. The number of rotatable bonds is 4. The van der Waals surface area contributed by atoms with Crippen LogP contribution in [0.2, 0.25) is 0 Å². The zero-order valence-corrected chi connectivity index (χ0v) is 14.9. The van der Waals surface area contributed by atoms with Crippen molar-refractivity contribution in [3.05, 3.63) is 53.2 Å². The monoisotopic (exact) mass is 372 g/mol. The third-order valence-electron chi connectivity index (χ3n) is 4.46. The summed E-state index contributed by atoms with van der Waals surface area (Å²) in [5.41, 5.74) is 2.15. The Morgan fingerprint density at radius 1 is 1.30 bits per heavy atom. The van der Waals surface area contributed by atoms with E-state index in [9.17, 15) is 13.6 Å². The molecule has 2 aromatic carbocycles. The van der Waals surface area contributed by atoms with Gasteiger partial charge in [0.05, 0.1) is 12.1 Å². The molecule has 1 amide bonds. The minimum absolute atomic E-state index is 0.0443. The van der Waals surface area contributed by atoms with Gasteiger partial charge >= 0.3 is 0 Å². The van der Waals surface area contributed by atoms with Gasteiger partial charge in [-0.15, -0.1) is 0 Å². The molecule has 2 N–H and O–H groups in total. The molecule has 1 aromatic heterocycles. The van der Waals surface area contributed by atoms with E-state index in [0.29, 0.717) is 23.6 Å². The van der Waals surface area contributed by atoms with E-state index in [0.717, 1.165) is 29.5 Å². The van der Waals surface area contributed by atoms with Crippen molar-refractivity contribution >= 4 is 22.5 Å². The largest absolute Gasteiger partial charge is 0.493 e. The Kier molecular flexibility index (Phi) is 4.22. The molecule has 1 aliphatic heterocycles. The summed E-state index contributed by atoms with van der Waals surface area (Å²) in [6.07, 6.45) is 0.809. The number of anilines is 1. The number of carbonyl (C=O) groups excluding carboxylic acids is 1. The number of benzene rings is 2. The number of halogens is 2. The number of aromatic amines is 1. The lowest BCUT2D eigenvalue weighted by molar-refractivity contribution is 0.102. The fraction of sp³-hybridized carbons (Fsp3) is 0.250. The molecule has 0 radical (unpaired) electrons. The van der Waals surface area contributed by atoms with Crippen LogP contribution in [-0.2, 0) is 6.42 Å². The number of H-pyrrole nitrogens is 1. The van der Waals surface area contributed by atoms with Gasteiger partial charge in [0.25, 0.3) is 5.91 Å². The van der Waals surface area contributed by atoms with Crippen LogP contribution in [-0.4, -0.2) is 23.6 Å². The number of hydrogen-bond acceptors (Lipinski definition) is 3. The van der Waals surface area contributed by atoms with Gasteiger partial charge < -0.3 is 19.8 Å². The lowest BCUT2D eigenvalue weighted by Crippen LogP contribution is -2.12. The van der Waals surface area contributed by atoms with E-state index < -0.39 is 17.5 Å². The zero-order valence-electron chi connectivity index (χ0n) is 14.9. The lowest BCUT2D eigenvalue weighted by Gasteiger charge is -2.08. The van der Waals surface area contributed by atoms with Gasteiger partial charge in [-0.05, 0) is 38.1 Å². The summed E-state index contributed by atoms with van der Waals surface area (Å²) in [4.78, 5) is 15.6. The van der Waals surface area contributed by atoms with Crippen molar-refractivity contribution in [3.63, 3.8) is 0 Å². The summed E-state index contributed by atoms with van der Waals surface area (Å²) in [5.74, 6) is -1.08. The van der Waals surface area contributed by atoms with Crippen LogP contribution in [0.4, 0.5) is 14.5 Å². The van der Waals surface area contributed by atoms with Crippen molar-refractivity contribution in [2.45, 2.75) is 26.4 Å². The predicted octanol–water partition coefficient (Wildman–Crippen LogP) is 4.42. The average molecular weight is 372 g/mol. The van der Waals surface area contributed by atoms with Crippen LogP contribution >= 0.6 is 0 Å². The SMILES string of the molecule is CCOc1cc2c(c3[nH]c(C(=O)Nc4ccc(F)c(F)c4)cc13)OC(C)C2. The Labute approximate surface area is 154 Å². The molecular formula is C20H18F2N2O3. The topological polar surface area (TPSA) is 63.4 Å². The molecule has 27 heavy (non-hydrogen) atoms. The normalized spacial score (nSPS) is 15.5. The molecule has 0 spiro atoms. The molecule has 0 aliphatic carbocycles. The van der Waals surface area contributed by atoms with E-state index in [-0.39, 0.29) is 17.5 Å². The van der Waals surface area contributed by atoms with Gasteiger partial charge in [0.15, 0.2) is 11.6 Å². The maximum atomic E-state index is 13.4. The molecular weight excluding hydrogens is 354 g/mol. The number of aromatic nitrogens is 1. The fourth-order valence-corrected chi connectivity index (χ4v) is 3.30. The van der Waals surface area contributed by atoms with Crippen LogP contribution in [0.3, 0.4) is 0 Å². The van der Waals surface area contributed by atoms with Gasteiger partial charge in [-0.3, -0.25) is 4.79 Å². The van der Waals surface area contributed by atoms with Gasteiger partial charge in [-0.2, -0.15) is 0 Å². The average Bonchev–Trinajstić information content (AvgIpc) is 3.22. The number of ether oxygens (including phenoxy) is 2. The van der Waals surface area contributed by atoms with Gasteiger partial charge in [-0.1, -0.05) is 0 Å². The van der Waals surface area contributed by atoms with Gasteiger partial charge in [0.1, 0.15) is 23.3 Å². The molecule has 4 rings (SSSR count). The second-order valence-corrected chi connectivity index (χ2v) is 6.48. The third-order valence-corrected chi connectivity index (χ3v) is 4.46. The van der Waals surface area contributed by atoms with E-state index in [2.05, 4.69) is 10.3 Å². The predicted molar refractivity (Wildman–Crippen MR) is 97.6 cm³/mol. The standard InChI is InChI=1S/C20H18F2N2O3/c1-3-26-17-7-11-6-10(2)27-19(11)18-13(17)9-16(24-18)20(25)23-12-4-5-14(21)15(22)8-12/h4-5,7-10,24H,3,6H2,1-2H3,(H,23,25). The number of hydrogen-bond donors (Lipinski definition) is 2. The van der Waals surface area contributed by atoms with Crippen LogP contribution < -0.4 is 14.8 Å². The van der Waals surface area contributed by atoms with Crippen molar-refractivity contribution in [2.75, 3.05) is 11.9 Å². The zero-order chi connectivity index (χ0) is 19.1. The Balaban J connectivity index is 1.72. The first-order valence-electron chi connectivity index (χ1n) is 8.70. The molecule has 7 heteroatoms. The fourth-order valence-electron chi connectivity index (χ4n) is 3.30. The van der Waals surface area contributed by atoms with Gasteiger partial charge in [0.2, 0.25) is 0 Å². The minimum atomic E-state index is -1.02. The first-order valence-corrected chi connectivity index (χ1v) is 8.70. The van der Waals surface area contributed by atoms with Gasteiger partial charge in [0, 0.05) is 29.1 Å². The highest BCUT2D eigenvalue weighted by atomic mass is 19.2. The van der Waals surface area contributed by atoms with Crippen LogP contribution in [0, 0.1) is 11.6 Å². The molecule has 0 saturated heterocycles. The Bertz CT molecular complexity index is 1050. The molecule has 1 aliphatic rings. The van der Waals surface area contributed by atoms with Crippen LogP contribution in [0.25, 0.3) is 10.9 Å². The van der Waals surface area contributed by atoms with Crippen LogP contribution in [0.15, 0.2) is 30.3 Å². The molecule has 1 unspecified atom stereocenters. The number of amides is 1. The highest BCUT2D eigenvalue weighted by Gasteiger charge is 2.26. The maximum absolute atomic E-state index is 13.4. The van der Waals surface area contributed by atoms with E-state index in [1.807, 2.05) is 19.9 Å². The third kappa shape index (κ3) is 3.09. The summed E-state index contributed by atoms with van der Waals surface area (Å²) in [6, 6.07) is 6.81. The van der Waals surface area contributed by atoms with Crippen LogP contribution in [0.1, 0.15) is 29.9 Å². The first kappa shape index (κ1) is 17.3. The Hall–Kier alpha value is -3.09. The van der Waals surface area contributed by atoms with Crippen molar-refractivity contribution in [3.8, 4) is 11.5 Å². The number of nitrogens with one attached hydrogen (secondary N) is 2. The quantitative estimate of drug-likeness (QED) is 0.713. The second kappa shape index (κ2) is 6.57. The van der Waals surface area contributed by atoms with E-state index >= 15 is 0 Å². The smallest absolute Gasteiger partial charge is 0.272 e. The number of fused-ring (bicyclic) bond motifs is 3. The molecule has 2 heterocycles. The summed E-state index contributed by atoms with van der Waals surface area (Å²) < 4.78 is 38.0. The molecule has 0 fully saturated rings. The highest BCUT2D eigenvalue weighted by Crippen LogP contribution is 2.41. The van der Waals surface area contributed by atoms with E-state index in [1.54, 1.807) is 6.07 Å². The lowest BCUT2D eigenvalue weighted by atomic mass is 10.1. The van der Waals surface area contributed by atoms with E-state index in [1.165, 1.54) is 6.07 Å². The summed E-state index contributed by atoms with van der Waals surface area (Å²) >= 11 is 0. The van der Waals surface area contributed by atoms with Crippen molar-refractivity contribution in [2.24, 2.45) is 0 Å². The minimum Gasteiger partial charge on any atom is -0.493 e. The molecule has 0 saturated carbocycles. The van der Waals surface area contributed by atoms with Gasteiger partial charge in [-0.25, -0.2) is 8.78 Å². The molecule has 140 valence electrons. The maximum Gasteiger partial charge on any atom is 0.272 e. The highest BCUT2D eigenvalue weighted by molar-refractivity contribution is 6.07. The molecule has 5 nitrogen and oxygen atoms in total. The van der Waals surface area contributed by atoms with Crippen molar-refractivity contribution in [1.82, 2.24) is 4.98 Å². The van der Waals surface area contributed by atoms with Crippen molar-refractivity contribution in [1.29, 1.82) is 0 Å². The van der Waals surface area contributed by atoms with Crippen LogP contribution in [0.5, 0.6) is 11.5 Å². The molecule has 1 atom stereocenters. The number of carbonyl (C=O) groups is 1. The second-order valence-electron chi connectivity index (χ2n) is 6.48. The van der Waals surface area contributed by atoms with E-state index in [4.69, 9.17) is 9.47 Å². The Morgan fingerprint density at radius 3 is 2.85 bits per heavy atom. The summed E-state index contributed by atoms with van der Waals surface area (Å²) in [7, 11) is 0. The Morgan fingerprint density at radius 2 is 2.11 bits per heavy atom. The molecule has 3 aromatic rings. The summed E-state index contributed by atoms with van der Waals surface area (Å²) in [6.45, 7) is 4.36. The first-order chi connectivity index (χ1) is 13.0.